The lowest BCUT2D eigenvalue weighted by atomic mass is 9.95. The van der Waals surface area contributed by atoms with Crippen LogP contribution in [0.5, 0.6) is 5.75 Å². The average molecular weight is 288 g/mol. The summed E-state index contributed by atoms with van der Waals surface area (Å²) in [7, 11) is 1.74. The molecule has 1 aliphatic carbocycles. The smallest absolute Gasteiger partial charge is 0.119 e. The monoisotopic (exact) mass is 288 g/mol. The van der Waals surface area contributed by atoms with E-state index >= 15 is 0 Å². The van der Waals surface area contributed by atoms with Crippen molar-refractivity contribution in [3.63, 3.8) is 0 Å². The Labute approximate surface area is 128 Å². The molecule has 0 bridgehead atoms. The molecule has 0 amide bonds. The van der Waals surface area contributed by atoms with Crippen LogP contribution in [-0.2, 0) is 6.54 Å². The van der Waals surface area contributed by atoms with Gasteiger partial charge in [-0.1, -0.05) is 12.1 Å². The molecule has 0 aromatic heterocycles. The van der Waals surface area contributed by atoms with E-state index in [0.29, 0.717) is 11.6 Å². The van der Waals surface area contributed by atoms with E-state index < -0.39 is 0 Å². The van der Waals surface area contributed by atoms with E-state index in [9.17, 15) is 0 Å². The van der Waals surface area contributed by atoms with E-state index in [-0.39, 0.29) is 0 Å². The molecule has 0 spiro atoms. The normalized spacial score (nSPS) is 30.9. The number of hydrogen-bond donors (Lipinski definition) is 1. The van der Waals surface area contributed by atoms with Crippen LogP contribution in [0.1, 0.15) is 38.7 Å². The van der Waals surface area contributed by atoms with Crippen LogP contribution in [0.3, 0.4) is 0 Å². The lowest BCUT2D eigenvalue weighted by molar-refractivity contribution is 0.154. The summed E-state index contributed by atoms with van der Waals surface area (Å²) >= 11 is 0. The first-order chi connectivity index (χ1) is 10.1. The van der Waals surface area contributed by atoms with Gasteiger partial charge in [-0.25, -0.2) is 0 Å². The summed E-state index contributed by atoms with van der Waals surface area (Å²) in [6.07, 6.45) is 4.02. The second-order valence-corrected chi connectivity index (χ2v) is 7.01. The molecule has 1 aliphatic heterocycles. The van der Waals surface area contributed by atoms with Gasteiger partial charge in [-0.05, 0) is 63.3 Å². The standard InChI is InChI=1S/C18H28N2O/c1-14-9-10-19-18(2,16-7-8-16)13-20(14)12-15-5-4-6-17(11-15)21-3/h4-6,11,14,16,19H,7-10,12-13H2,1-3H3. The minimum absolute atomic E-state index is 0.295. The highest BCUT2D eigenvalue weighted by Gasteiger charge is 2.43. The Morgan fingerprint density at radius 1 is 1.33 bits per heavy atom. The summed E-state index contributed by atoms with van der Waals surface area (Å²) in [4.78, 5) is 2.65. The number of nitrogens with zero attached hydrogens (tertiary/aromatic N) is 1. The summed E-state index contributed by atoms with van der Waals surface area (Å²) < 4.78 is 5.35. The topological polar surface area (TPSA) is 24.5 Å². The molecule has 116 valence electrons. The van der Waals surface area contributed by atoms with Crippen LogP contribution < -0.4 is 10.1 Å². The average Bonchev–Trinajstić information content (AvgIpc) is 3.31. The van der Waals surface area contributed by atoms with Crippen molar-refractivity contribution in [2.45, 2.75) is 51.2 Å². The lowest BCUT2D eigenvalue weighted by Gasteiger charge is -2.36. The summed E-state index contributed by atoms with van der Waals surface area (Å²) in [5.74, 6) is 1.83. The second kappa shape index (κ2) is 5.98. The Hall–Kier alpha value is -1.06. The molecule has 2 aliphatic rings. The summed E-state index contributed by atoms with van der Waals surface area (Å²) in [5.41, 5.74) is 1.64. The number of nitrogens with one attached hydrogen (secondary N) is 1. The fourth-order valence-corrected chi connectivity index (χ4v) is 3.59. The third kappa shape index (κ3) is 3.41. The predicted molar refractivity (Wildman–Crippen MR) is 86.6 cm³/mol. The zero-order valence-electron chi connectivity index (χ0n) is 13.6. The van der Waals surface area contributed by atoms with Crippen LogP contribution in [-0.4, -0.2) is 36.7 Å². The van der Waals surface area contributed by atoms with Crippen LogP contribution in [0, 0.1) is 5.92 Å². The van der Waals surface area contributed by atoms with E-state index in [1.165, 1.54) is 24.8 Å². The van der Waals surface area contributed by atoms with Crippen LogP contribution in [0.4, 0.5) is 0 Å². The highest BCUT2D eigenvalue weighted by molar-refractivity contribution is 5.28. The van der Waals surface area contributed by atoms with Crippen molar-refractivity contribution in [3.8, 4) is 5.75 Å². The molecule has 2 atom stereocenters. The van der Waals surface area contributed by atoms with Crippen LogP contribution >= 0.6 is 0 Å². The third-order valence-corrected chi connectivity index (χ3v) is 5.24. The zero-order chi connectivity index (χ0) is 14.9. The van der Waals surface area contributed by atoms with Gasteiger partial charge < -0.3 is 10.1 Å². The highest BCUT2D eigenvalue weighted by Crippen LogP contribution is 2.41. The minimum atomic E-state index is 0.295. The number of benzene rings is 1. The van der Waals surface area contributed by atoms with Gasteiger partial charge in [0.25, 0.3) is 0 Å². The van der Waals surface area contributed by atoms with Crippen molar-refractivity contribution < 1.29 is 4.74 Å². The van der Waals surface area contributed by atoms with E-state index in [1.54, 1.807) is 7.11 Å². The van der Waals surface area contributed by atoms with Crippen LogP contribution in [0.25, 0.3) is 0 Å². The van der Waals surface area contributed by atoms with Crippen molar-refractivity contribution in [3.05, 3.63) is 29.8 Å². The van der Waals surface area contributed by atoms with Crippen molar-refractivity contribution in [1.82, 2.24) is 10.2 Å². The van der Waals surface area contributed by atoms with Gasteiger partial charge in [-0.2, -0.15) is 0 Å². The first-order valence-electron chi connectivity index (χ1n) is 8.23. The molecule has 1 aromatic rings. The maximum absolute atomic E-state index is 5.35. The van der Waals surface area contributed by atoms with E-state index in [0.717, 1.165) is 31.3 Å². The zero-order valence-corrected chi connectivity index (χ0v) is 13.6. The van der Waals surface area contributed by atoms with Gasteiger partial charge in [-0.15, -0.1) is 0 Å². The maximum atomic E-state index is 5.35. The molecule has 0 radical (unpaired) electrons. The van der Waals surface area contributed by atoms with Crippen molar-refractivity contribution in [2.75, 3.05) is 20.2 Å². The molecule has 3 nitrogen and oxygen atoms in total. The predicted octanol–water partition coefficient (Wildman–Crippen LogP) is 3.05. The van der Waals surface area contributed by atoms with Crippen LogP contribution in [0.2, 0.25) is 0 Å². The Kier molecular flexibility index (Phi) is 4.23. The van der Waals surface area contributed by atoms with Crippen molar-refractivity contribution >= 4 is 0 Å². The molecule has 2 fully saturated rings. The van der Waals surface area contributed by atoms with E-state index in [4.69, 9.17) is 4.74 Å². The second-order valence-electron chi connectivity index (χ2n) is 7.01. The first kappa shape index (κ1) is 14.9. The minimum Gasteiger partial charge on any atom is -0.497 e. The summed E-state index contributed by atoms with van der Waals surface area (Å²) in [5, 5.41) is 3.82. The fraction of sp³-hybridized carbons (Fsp3) is 0.667. The molecule has 1 heterocycles. The van der Waals surface area contributed by atoms with Gasteiger partial charge in [0.1, 0.15) is 5.75 Å². The molecular weight excluding hydrogens is 260 g/mol. The maximum Gasteiger partial charge on any atom is 0.119 e. The van der Waals surface area contributed by atoms with Crippen LogP contribution in [0.15, 0.2) is 24.3 Å². The molecule has 3 rings (SSSR count). The van der Waals surface area contributed by atoms with Gasteiger partial charge in [0, 0.05) is 24.7 Å². The molecule has 1 saturated heterocycles. The first-order valence-corrected chi connectivity index (χ1v) is 8.23. The van der Waals surface area contributed by atoms with E-state index in [1.807, 2.05) is 6.07 Å². The van der Waals surface area contributed by atoms with Gasteiger partial charge in [-0.3, -0.25) is 4.90 Å². The van der Waals surface area contributed by atoms with Gasteiger partial charge in [0.2, 0.25) is 0 Å². The van der Waals surface area contributed by atoms with Crippen molar-refractivity contribution in [2.24, 2.45) is 5.92 Å². The van der Waals surface area contributed by atoms with Gasteiger partial charge in [0.15, 0.2) is 0 Å². The lowest BCUT2D eigenvalue weighted by Crippen LogP contribution is -2.51. The molecule has 1 N–H and O–H groups in total. The number of rotatable bonds is 4. The van der Waals surface area contributed by atoms with E-state index in [2.05, 4.69) is 42.3 Å². The Morgan fingerprint density at radius 3 is 2.86 bits per heavy atom. The summed E-state index contributed by atoms with van der Waals surface area (Å²) in [6.45, 7) is 8.09. The Bertz CT molecular complexity index is 486. The van der Waals surface area contributed by atoms with Gasteiger partial charge >= 0.3 is 0 Å². The molecular formula is C18H28N2O. The van der Waals surface area contributed by atoms with Crippen molar-refractivity contribution in [1.29, 1.82) is 0 Å². The quantitative estimate of drug-likeness (QED) is 0.921. The fourth-order valence-electron chi connectivity index (χ4n) is 3.59. The number of hydrogen-bond acceptors (Lipinski definition) is 3. The largest absolute Gasteiger partial charge is 0.497 e. The van der Waals surface area contributed by atoms with Gasteiger partial charge in [0.05, 0.1) is 7.11 Å². The molecule has 21 heavy (non-hydrogen) atoms. The molecule has 1 aromatic carbocycles. The Balaban J connectivity index is 1.74. The SMILES string of the molecule is COc1cccc(CN2CC(C)(C3CC3)NCCC2C)c1. The third-order valence-electron chi connectivity index (χ3n) is 5.24. The molecule has 1 saturated carbocycles. The Morgan fingerprint density at radius 2 is 2.14 bits per heavy atom. The molecule has 2 unspecified atom stereocenters. The molecule has 3 heteroatoms. The summed E-state index contributed by atoms with van der Waals surface area (Å²) in [6, 6.07) is 9.12. The number of ether oxygens (including phenoxy) is 1. The number of methoxy groups -OCH3 is 1. The highest BCUT2D eigenvalue weighted by atomic mass is 16.5.